The van der Waals surface area contributed by atoms with Crippen LogP contribution in [0.1, 0.15) is 19.8 Å². The van der Waals surface area contributed by atoms with Crippen LogP contribution >= 0.6 is 0 Å². The molecule has 0 bridgehead atoms. The van der Waals surface area contributed by atoms with Crippen LogP contribution in [-0.4, -0.2) is 24.2 Å². The zero-order valence-electron chi connectivity index (χ0n) is 6.54. The molecule has 2 N–H and O–H groups in total. The van der Waals surface area contributed by atoms with E-state index >= 15 is 0 Å². The van der Waals surface area contributed by atoms with Crippen molar-refractivity contribution in [2.45, 2.75) is 19.8 Å². The molecule has 0 aromatic heterocycles. The molecule has 0 amide bonds. The number of rotatable bonds is 6. The van der Waals surface area contributed by atoms with Crippen LogP contribution in [0.15, 0.2) is 4.36 Å². The van der Waals surface area contributed by atoms with Gasteiger partial charge in [0, 0.05) is 4.36 Å². The summed E-state index contributed by atoms with van der Waals surface area (Å²) in [6, 6.07) is 0. The third kappa shape index (κ3) is 9.45. The molecule has 0 heterocycles. The Morgan fingerprint density at radius 3 is 3.00 bits per heavy atom. The van der Waals surface area contributed by atoms with Gasteiger partial charge in [0.25, 0.3) is 0 Å². The monoisotopic (exact) mass is 177 g/mol. The Bertz CT molecular complexity index is 139. The van der Waals surface area contributed by atoms with Gasteiger partial charge in [-0.25, -0.2) is 0 Å². The van der Waals surface area contributed by atoms with Crippen LogP contribution in [0.4, 0.5) is 0 Å². The van der Waals surface area contributed by atoms with Crippen molar-refractivity contribution in [3.05, 3.63) is 0 Å². The van der Waals surface area contributed by atoms with Crippen molar-refractivity contribution in [3.8, 4) is 0 Å². The Labute approximate surface area is 70.3 Å². The molecule has 0 aliphatic heterocycles. The van der Waals surface area contributed by atoms with E-state index in [9.17, 15) is 4.79 Å². The summed E-state index contributed by atoms with van der Waals surface area (Å²) >= 11 is 1.12. The predicted molar refractivity (Wildman–Crippen MR) is 45.2 cm³/mol. The molecule has 0 aromatic rings. The van der Waals surface area contributed by atoms with Gasteiger partial charge >= 0.3 is 17.7 Å². The zero-order chi connectivity index (χ0) is 8.53. The van der Waals surface area contributed by atoms with E-state index in [1.807, 2.05) is 0 Å². The number of unbranched alkanes of at least 4 members (excludes halogenated alkanes) is 1. The normalized spacial score (nSPS) is 10.6. The van der Waals surface area contributed by atoms with Crippen molar-refractivity contribution in [1.29, 1.82) is 0 Å². The highest BCUT2D eigenvalue weighted by Crippen LogP contribution is 1.81. The standard InChI is InChI=1S/C6H12N2O2S/c1-2-3-4-7-11-8-5-6(9)10/h2-5H2,1H3,(H-,7,8,9,10)/p+1. The maximum Gasteiger partial charge on any atom is 0.438 e. The first-order valence-electron chi connectivity index (χ1n) is 3.54. The van der Waals surface area contributed by atoms with E-state index in [1.54, 1.807) is 0 Å². The number of aliphatic carboxylic acids is 1. The summed E-state index contributed by atoms with van der Waals surface area (Å²) < 4.78 is 6.58. The number of nitrogens with one attached hydrogen (secondary N) is 1. The largest absolute Gasteiger partial charge is 0.480 e. The van der Waals surface area contributed by atoms with Gasteiger partial charge in [0.2, 0.25) is 0 Å². The third-order valence-electron chi connectivity index (χ3n) is 0.961. The fourth-order valence-corrected chi connectivity index (χ4v) is 0.930. The molecule has 0 atom stereocenters. The highest BCUT2D eigenvalue weighted by molar-refractivity contribution is 7.65. The number of carbonyl (C=O) groups is 1. The second-order valence-corrected chi connectivity index (χ2v) is 2.75. The lowest BCUT2D eigenvalue weighted by Crippen LogP contribution is -2.09. The quantitative estimate of drug-likeness (QED) is 0.355. The first-order chi connectivity index (χ1) is 5.27. The minimum atomic E-state index is -0.894. The highest BCUT2D eigenvalue weighted by atomic mass is 32.1. The fourth-order valence-electron chi connectivity index (χ4n) is 0.428. The summed E-state index contributed by atoms with van der Waals surface area (Å²) in [4.78, 5) is 9.95. The Hall–Kier alpha value is -0.550. The second kappa shape index (κ2) is 7.56. The molecule has 0 fully saturated rings. The number of carboxylic acids is 1. The molecule has 5 heteroatoms. The lowest BCUT2D eigenvalue weighted by molar-refractivity contribution is -0.135. The van der Waals surface area contributed by atoms with Gasteiger partial charge in [0.1, 0.15) is 0 Å². The van der Waals surface area contributed by atoms with Crippen LogP contribution in [0.5, 0.6) is 0 Å². The molecular formula is C6H13N2O2S+. The molecule has 0 aliphatic carbocycles. The van der Waals surface area contributed by atoms with Gasteiger partial charge in [-0.05, 0) is 11.1 Å². The Kier molecular flexibility index (Phi) is 7.18. The maximum absolute atomic E-state index is 9.95. The predicted octanol–water partition coefficient (Wildman–Crippen LogP) is 0.642. The number of hydrogen-bond acceptors (Lipinski definition) is 2. The van der Waals surface area contributed by atoms with Crippen molar-refractivity contribution in [3.63, 3.8) is 0 Å². The fraction of sp³-hybridized carbons (Fsp3) is 0.833. The molecule has 0 spiro atoms. The van der Waals surface area contributed by atoms with Gasteiger partial charge < -0.3 is 5.11 Å². The highest BCUT2D eigenvalue weighted by Gasteiger charge is 1.98. The lowest BCUT2D eigenvalue weighted by atomic mass is 10.3. The smallest absolute Gasteiger partial charge is 0.438 e. The summed E-state index contributed by atoms with van der Waals surface area (Å²) in [6.07, 6.45) is 2.22. The lowest BCUT2D eigenvalue weighted by Gasteiger charge is -1.82. The van der Waals surface area contributed by atoms with Gasteiger partial charge in [-0.1, -0.05) is 13.3 Å². The summed E-state index contributed by atoms with van der Waals surface area (Å²) in [5, 5.41) is 8.18. The molecule has 0 saturated carbocycles. The molecule has 4 nitrogen and oxygen atoms in total. The van der Waals surface area contributed by atoms with Crippen molar-refractivity contribution in [2.75, 3.05) is 13.1 Å². The van der Waals surface area contributed by atoms with Crippen LogP contribution in [0.25, 0.3) is 0 Å². The molecule has 0 unspecified atom stereocenters. The third-order valence-corrected chi connectivity index (χ3v) is 1.55. The molecule has 0 aromatic carbocycles. The van der Waals surface area contributed by atoms with E-state index in [0.717, 1.165) is 31.1 Å². The average molecular weight is 177 g/mol. The van der Waals surface area contributed by atoms with Gasteiger partial charge in [-0.3, -0.25) is 4.79 Å². The number of nitrogens with zero attached hydrogens (tertiary/aromatic N) is 1. The van der Waals surface area contributed by atoms with E-state index in [-0.39, 0.29) is 6.54 Å². The van der Waals surface area contributed by atoms with Crippen LogP contribution in [-0.2, 0) is 16.5 Å². The summed E-state index contributed by atoms with van der Waals surface area (Å²) in [7, 11) is 0. The molecule has 0 saturated heterocycles. The van der Waals surface area contributed by atoms with Crippen LogP contribution < -0.4 is 4.72 Å². The number of hydrogen-bond donors (Lipinski definition) is 2. The molecule has 11 heavy (non-hydrogen) atoms. The summed E-state index contributed by atoms with van der Waals surface area (Å²) in [5.74, 6) is -0.894. The average Bonchev–Trinajstić information content (AvgIpc) is 1.96. The van der Waals surface area contributed by atoms with E-state index in [1.165, 1.54) is 0 Å². The van der Waals surface area contributed by atoms with Crippen molar-refractivity contribution in [2.24, 2.45) is 4.36 Å². The Morgan fingerprint density at radius 2 is 2.45 bits per heavy atom. The maximum atomic E-state index is 9.95. The molecule has 0 rings (SSSR count). The second-order valence-electron chi connectivity index (χ2n) is 2.02. The van der Waals surface area contributed by atoms with Crippen molar-refractivity contribution >= 4 is 17.7 Å². The summed E-state index contributed by atoms with van der Waals surface area (Å²) in [5.41, 5.74) is 0. The first kappa shape index (κ1) is 10.4. The summed E-state index contributed by atoms with van der Waals surface area (Å²) in [6.45, 7) is 2.84. The first-order valence-corrected chi connectivity index (χ1v) is 4.32. The topological polar surface area (TPSA) is 61.7 Å². The van der Waals surface area contributed by atoms with E-state index in [2.05, 4.69) is 16.0 Å². The van der Waals surface area contributed by atoms with Crippen LogP contribution in [0.2, 0.25) is 0 Å². The zero-order valence-corrected chi connectivity index (χ0v) is 7.36. The molecule has 64 valence electrons. The minimum absolute atomic E-state index is 0.135. The molecule has 0 radical (unpaired) electrons. The van der Waals surface area contributed by atoms with Crippen LogP contribution in [0, 0.1) is 0 Å². The molecule has 0 aliphatic rings. The SMILES string of the molecule is CCCCN[S+]=NCC(=O)O. The number of carboxylic acid groups (broad SMARTS) is 1. The molecular weight excluding hydrogens is 164 g/mol. The van der Waals surface area contributed by atoms with E-state index < -0.39 is 5.97 Å². The Balaban J connectivity index is 3.10. The van der Waals surface area contributed by atoms with E-state index in [4.69, 9.17) is 5.11 Å². The van der Waals surface area contributed by atoms with Gasteiger partial charge in [-0.15, -0.1) is 0 Å². The van der Waals surface area contributed by atoms with Crippen molar-refractivity contribution < 1.29 is 9.90 Å². The minimum Gasteiger partial charge on any atom is -0.480 e. The van der Waals surface area contributed by atoms with Crippen LogP contribution in [0.3, 0.4) is 0 Å². The Morgan fingerprint density at radius 1 is 1.73 bits per heavy atom. The van der Waals surface area contributed by atoms with E-state index in [0.29, 0.717) is 0 Å². The van der Waals surface area contributed by atoms with Gasteiger partial charge in [0.15, 0.2) is 6.54 Å². The van der Waals surface area contributed by atoms with Gasteiger partial charge in [-0.2, -0.15) is 0 Å². The van der Waals surface area contributed by atoms with Gasteiger partial charge in [0.05, 0.1) is 6.54 Å². The van der Waals surface area contributed by atoms with Crippen molar-refractivity contribution in [1.82, 2.24) is 4.72 Å².